The summed E-state index contributed by atoms with van der Waals surface area (Å²) in [5, 5.41) is 9.39. The first-order chi connectivity index (χ1) is 11.0. The minimum absolute atomic E-state index is 0.0391. The van der Waals surface area contributed by atoms with E-state index < -0.39 is 0 Å². The van der Waals surface area contributed by atoms with Crippen LogP contribution in [0.4, 0.5) is 11.4 Å². The van der Waals surface area contributed by atoms with E-state index in [1.807, 2.05) is 13.8 Å². The van der Waals surface area contributed by atoms with Gasteiger partial charge in [-0.25, -0.2) is 0 Å². The van der Waals surface area contributed by atoms with E-state index >= 15 is 0 Å². The van der Waals surface area contributed by atoms with E-state index in [0.717, 1.165) is 0 Å². The van der Waals surface area contributed by atoms with Crippen LogP contribution in [0.2, 0.25) is 0 Å². The molecule has 1 aromatic heterocycles. The fraction of sp³-hybridized carbons (Fsp3) is 0.312. The maximum atomic E-state index is 12.6. The number of carbonyl (C=O) groups excluding carboxylic acids is 2. The Morgan fingerprint density at radius 2 is 2.17 bits per heavy atom. The van der Waals surface area contributed by atoms with Gasteiger partial charge >= 0.3 is 0 Å². The Hall–Kier alpha value is -2.83. The van der Waals surface area contributed by atoms with Gasteiger partial charge in [0, 0.05) is 5.92 Å². The summed E-state index contributed by atoms with van der Waals surface area (Å²) < 4.78 is 10.7. The van der Waals surface area contributed by atoms with Gasteiger partial charge < -0.3 is 19.9 Å². The Balaban J connectivity index is 1.92. The van der Waals surface area contributed by atoms with Crippen molar-refractivity contribution in [3.8, 4) is 5.75 Å². The van der Waals surface area contributed by atoms with Gasteiger partial charge in [0.05, 0.1) is 17.1 Å². The van der Waals surface area contributed by atoms with Gasteiger partial charge in [0.25, 0.3) is 11.8 Å². The zero-order chi connectivity index (χ0) is 16.6. The highest BCUT2D eigenvalue weighted by Gasteiger charge is 2.25. The summed E-state index contributed by atoms with van der Waals surface area (Å²) in [4.78, 5) is 24.0. The van der Waals surface area contributed by atoms with E-state index in [1.54, 1.807) is 25.1 Å². The predicted octanol–water partition coefficient (Wildman–Crippen LogP) is 2.69. The Morgan fingerprint density at radius 3 is 2.91 bits per heavy atom. The van der Waals surface area contributed by atoms with Gasteiger partial charge in [0.2, 0.25) is 0 Å². The highest BCUT2D eigenvalue weighted by Crippen LogP contribution is 2.36. The van der Waals surface area contributed by atoms with Crippen LogP contribution in [0.5, 0.6) is 5.75 Å². The third-order valence-electron chi connectivity index (χ3n) is 3.53. The quantitative estimate of drug-likeness (QED) is 0.908. The molecule has 3 rings (SSSR count). The number of para-hydroxylation sites is 1. The molecule has 0 spiro atoms. The van der Waals surface area contributed by atoms with E-state index in [4.69, 9.17) is 9.26 Å². The smallest absolute Gasteiger partial charge is 0.262 e. The Morgan fingerprint density at radius 1 is 1.39 bits per heavy atom. The highest BCUT2D eigenvalue weighted by molar-refractivity contribution is 6.08. The first kappa shape index (κ1) is 15.1. The summed E-state index contributed by atoms with van der Waals surface area (Å²) in [5.74, 6) is 0.483. The summed E-state index contributed by atoms with van der Waals surface area (Å²) in [6.45, 7) is 5.50. The number of rotatable bonds is 3. The molecule has 0 saturated heterocycles. The molecular weight excluding hydrogens is 298 g/mol. The molecule has 0 fully saturated rings. The molecule has 2 heterocycles. The van der Waals surface area contributed by atoms with E-state index in [9.17, 15) is 9.59 Å². The lowest BCUT2D eigenvalue weighted by atomic mass is 10.0. The third kappa shape index (κ3) is 2.77. The lowest BCUT2D eigenvalue weighted by Gasteiger charge is -2.20. The van der Waals surface area contributed by atoms with Crippen LogP contribution in [-0.2, 0) is 4.79 Å². The monoisotopic (exact) mass is 315 g/mol. The number of carbonyl (C=O) groups is 2. The molecule has 0 radical (unpaired) electrons. The standard InChI is InChI=1S/C16H17N3O4/c1-8(2)14-13(9(3)19-23-14)16(21)18-11-6-4-5-10-15(11)22-7-12(20)17-10/h4-6,8H,7H2,1-3H3,(H,17,20)(H,18,21). The van der Waals surface area contributed by atoms with Crippen molar-refractivity contribution >= 4 is 23.2 Å². The summed E-state index contributed by atoms with van der Waals surface area (Å²) in [6.07, 6.45) is 0. The largest absolute Gasteiger partial charge is 0.479 e. The number of aromatic nitrogens is 1. The summed E-state index contributed by atoms with van der Waals surface area (Å²) in [5.41, 5.74) is 1.98. The van der Waals surface area contributed by atoms with Crippen molar-refractivity contribution in [3.05, 3.63) is 35.2 Å². The number of hydrogen-bond donors (Lipinski definition) is 2. The van der Waals surface area contributed by atoms with Gasteiger partial charge in [-0.1, -0.05) is 25.1 Å². The molecule has 120 valence electrons. The van der Waals surface area contributed by atoms with Crippen LogP contribution >= 0.6 is 0 Å². The van der Waals surface area contributed by atoms with E-state index in [-0.39, 0.29) is 24.3 Å². The Labute approximate surface area is 133 Å². The molecule has 7 heteroatoms. The molecule has 0 bridgehead atoms. The van der Waals surface area contributed by atoms with Crippen LogP contribution in [0.15, 0.2) is 22.7 Å². The molecule has 1 aliphatic heterocycles. The normalized spacial score (nSPS) is 13.3. The van der Waals surface area contributed by atoms with Crippen molar-refractivity contribution < 1.29 is 18.8 Å². The SMILES string of the molecule is Cc1noc(C(C)C)c1C(=O)Nc1cccc2c1OCC(=O)N2. The molecular formula is C16H17N3O4. The van der Waals surface area contributed by atoms with Gasteiger partial charge in [-0.2, -0.15) is 0 Å². The average Bonchev–Trinajstić information content (AvgIpc) is 2.89. The van der Waals surface area contributed by atoms with Crippen molar-refractivity contribution in [1.82, 2.24) is 5.16 Å². The molecule has 0 saturated carbocycles. The second-order valence-corrected chi connectivity index (χ2v) is 5.64. The zero-order valence-electron chi connectivity index (χ0n) is 13.1. The molecule has 23 heavy (non-hydrogen) atoms. The third-order valence-corrected chi connectivity index (χ3v) is 3.53. The molecule has 0 atom stereocenters. The number of anilines is 2. The fourth-order valence-electron chi connectivity index (χ4n) is 2.46. The van der Waals surface area contributed by atoms with Crippen molar-refractivity contribution in [3.63, 3.8) is 0 Å². The molecule has 1 aliphatic rings. The average molecular weight is 315 g/mol. The molecule has 2 amide bonds. The van der Waals surface area contributed by atoms with E-state index in [2.05, 4.69) is 15.8 Å². The van der Waals surface area contributed by atoms with Crippen molar-refractivity contribution in [2.24, 2.45) is 0 Å². The van der Waals surface area contributed by atoms with Crippen LogP contribution < -0.4 is 15.4 Å². The summed E-state index contributed by atoms with van der Waals surface area (Å²) in [7, 11) is 0. The van der Waals surface area contributed by atoms with Crippen LogP contribution in [0.25, 0.3) is 0 Å². The van der Waals surface area contributed by atoms with Gasteiger partial charge in [0.1, 0.15) is 5.56 Å². The first-order valence-electron chi connectivity index (χ1n) is 7.30. The molecule has 7 nitrogen and oxygen atoms in total. The molecule has 1 aromatic carbocycles. The van der Waals surface area contributed by atoms with Crippen LogP contribution in [0, 0.1) is 6.92 Å². The van der Waals surface area contributed by atoms with Crippen LogP contribution in [0.3, 0.4) is 0 Å². The van der Waals surface area contributed by atoms with Crippen LogP contribution in [0.1, 0.15) is 41.6 Å². The maximum absolute atomic E-state index is 12.6. The molecule has 2 N–H and O–H groups in total. The minimum atomic E-state index is -0.318. The van der Waals surface area contributed by atoms with Crippen molar-refractivity contribution in [2.75, 3.05) is 17.2 Å². The predicted molar refractivity (Wildman–Crippen MR) is 83.8 cm³/mol. The van der Waals surface area contributed by atoms with Crippen LogP contribution in [-0.4, -0.2) is 23.6 Å². The van der Waals surface area contributed by atoms with Crippen molar-refractivity contribution in [1.29, 1.82) is 0 Å². The summed E-state index contributed by atoms with van der Waals surface area (Å²) >= 11 is 0. The number of fused-ring (bicyclic) bond motifs is 1. The summed E-state index contributed by atoms with van der Waals surface area (Å²) in [6, 6.07) is 5.16. The molecule has 0 aliphatic carbocycles. The lowest BCUT2D eigenvalue weighted by Crippen LogP contribution is -2.26. The fourth-order valence-corrected chi connectivity index (χ4v) is 2.46. The second kappa shape index (κ2) is 5.75. The Kier molecular flexibility index (Phi) is 3.77. The zero-order valence-corrected chi connectivity index (χ0v) is 13.1. The number of aryl methyl sites for hydroxylation is 1. The number of amides is 2. The minimum Gasteiger partial charge on any atom is -0.479 e. The van der Waals surface area contributed by atoms with Gasteiger partial charge in [-0.05, 0) is 19.1 Å². The second-order valence-electron chi connectivity index (χ2n) is 5.64. The van der Waals surface area contributed by atoms with Gasteiger partial charge in [-0.3, -0.25) is 9.59 Å². The topological polar surface area (TPSA) is 93.5 Å². The number of nitrogens with zero attached hydrogens (tertiary/aromatic N) is 1. The number of nitrogens with one attached hydrogen (secondary N) is 2. The van der Waals surface area contributed by atoms with E-state index in [0.29, 0.717) is 34.1 Å². The number of benzene rings is 1. The number of ether oxygens (including phenoxy) is 1. The van der Waals surface area contributed by atoms with Crippen molar-refractivity contribution in [2.45, 2.75) is 26.7 Å². The van der Waals surface area contributed by atoms with Gasteiger partial charge in [0.15, 0.2) is 18.1 Å². The molecule has 0 unspecified atom stereocenters. The number of hydrogen-bond acceptors (Lipinski definition) is 5. The lowest BCUT2D eigenvalue weighted by molar-refractivity contribution is -0.118. The van der Waals surface area contributed by atoms with Gasteiger partial charge in [-0.15, -0.1) is 0 Å². The first-order valence-corrected chi connectivity index (χ1v) is 7.30. The molecule has 2 aromatic rings. The maximum Gasteiger partial charge on any atom is 0.262 e. The van der Waals surface area contributed by atoms with E-state index in [1.165, 1.54) is 0 Å². The Bertz CT molecular complexity index is 780. The highest BCUT2D eigenvalue weighted by atomic mass is 16.5.